The van der Waals surface area contributed by atoms with E-state index in [9.17, 15) is 4.79 Å². The number of anilines is 1. The van der Waals surface area contributed by atoms with Crippen LogP contribution in [0.25, 0.3) is 0 Å². The molecule has 8 nitrogen and oxygen atoms in total. The maximum absolute atomic E-state index is 13.5. The third-order valence-corrected chi connectivity index (χ3v) is 6.12. The van der Waals surface area contributed by atoms with E-state index in [1.54, 1.807) is 16.1 Å². The fourth-order valence-corrected chi connectivity index (χ4v) is 4.16. The van der Waals surface area contributed by atoms with Crippen molar-refractivity contribution in [3.63, 3.8) is 0 Å². The highest BCUT2D eigenvalue weighted by Crippen LogP contribution is 2.39. The molecule has 2 aromatic heterocycles. The van der Waals surface area contributed by atoms with E-state index in [0.717, 1.165) is 46.9 Å². The van der Waals surface area contributed by atoms with Gasteiger partial charge in [0.1, 0.15) is 11.6 Å². The van der Waals surface area contributed by atoms with Gasteiger partial charge in [-0.3, -0.25) is 9.69 Å². The molecule has 31 heavy (non-hydrogen) atoms. The highest BCUT2D eigenvalue weighted by molar-refractivity contribution is 5.97. The van der Waals surface area contributed by atoms with Crippen LogP contribution < -0.4 is 4.90 Å². The Kier molecular flexibility index (Phi) is 4.77. The number of aryl methyl sites for hydroxylation is 2. The lowest BCUT2D eigenvalue weighted by molar-refractivity contribution is 0.0951. The first-order chi connectivity index (χ1) is 15.0. The Hall–Kier alpha value is -3.55. The van der Waals surface area contributed by atoms with Crippen LogP contribution in [0, 0.1) is 13.8 Å². The van der Waals surface area contributed by atoms with Crippen LogP contribution in [0.4, 0.5) is 10.5 Å². The van der Waals surface area contributed by atoms with Crippen molar-refractivity contribution < 1.29 is 9.32 Å². The Morgan fingerprint density at radius 3 is 2.52 bits per heavy atom. The van der Waals surface area contributed by atoms with E-state index in [0.29, 0.717) is 13.1 Å². The third-order valence-electron chi connectivity index (χ3n) is 6.12. The molecular weight excluding hydrogens is 392 g/mol. The summed E-state index contributed by atoms with van der Waals surface area (Å²) in [6.07, 6.45) is 6.89. The molecule has 1 aliphatic carbocycles. The molecule has 1 saturated heterocycles. The van der Waals surface area contributed by atoms with Crippen LogP contribution in [-0.2, 0) is 13.1 Å². The van der Waals surface area contributed by atoms with Gasteiger partial charge in [0.15, 0.2) is 0 Å². The van der Waals surface area contributed by atoms with Gasteiger partial charge >= 0.3 is 6.03 Å². The van der Waals surface area contributed by atoms with Crippen molar-refractivity contribution in [3.05, 3.63) is 76.7 Å². The number of benzene rings is 1. The molecule has 0 unspecified atom stereocenters. The second kappa shape index (κ2) is 7.61. The zero-order valence-electron chi connectivity index (χ0n) is 18.1. The molecule has 1 aliphatic heterocycles. The van der Waals surface area contributed by atoms with Crippen LogP contribution in [-0.4, -0.2) is 38.0 Å². The van der Waals surface area contributed by atoms with Crippen molar-refractivity contribution >= 4 is 11.7 Å². The van der Waals surface area contributed by atoms with Gasteiger partial charge in [-0.1, -0.05) is 35.5 Å². The first-order valence-corrected chi connectivity index (χ1v) is 10.6. The fourth-order valence-electron chi connectivity index (χ4n) is 4.16. The number of carbonyl (C=O) groups excluding carboxylic acids is 1. The molecule has 8 heteroatoms. The van der Waals surface area contributed by atoms with Gasteiger partial charge in [-0.25, -0.2) is 14.7 Å². The number of hydrogen-bond donors (Lipinski definition) is 0. The smallest absolute Gasteiger partial charge is 0.349 e. The van der Waals surface area contributed by atoms with Crippen molar-refractivity contribution in [1.82, 2.24) is 25.0 Å². The molecule has 0 radical (unpaired) electrons. The molecule has 5 rings (SSSR count). The van der Waals surface area contributed by atoms with Gasteiger partial charge in [0.2, 0.25) is 0 Å². The van der Waals surface area contributed by atoms with E-state index < -0.39 is 0 Å². The predicted octanol–water partition coefficient (Wildman–Crippen LogP) is 4.22. The Labute approximate surface area is 181 Å². The first-order valence-electron chi connectivity index (χ1n) is 10.6. The van der Waals surface area contributed by atoms with E-state index in [2.05, 4.69) is 10.3 Å². The molecule has 0 N–H and O–H groups in total. The SMILES string of the molecule is Cc1noc(C)c1Cn1cc(N2C(=O)N(Cc3ccccc3)N(C)C2=C2CCC2)cn1. The summed E-state index contributed by atoms with van der Waals surface area (Å²) in [6, 6.07) is 10.0. The molecule has 1 saturated carbocycles. The van der Waals surface area contributed by atoms with E-state index in [-0.39, 0.29) is 6.03 Å². The highest BCUT2D eigenvalue weighted by Gasteiger charge is 2.41. The minimum Gasteiger partial charge on any atom is -0.361 e. The second-order valence-electron chi connectivity index (χ2n) is 8.16. The average Bonchev–Trinajstić information content (AvgIpc) is 3.38. The van der Waals surface area contributed by atoms with Gasteiger partial charge in [-0.15, -0.1) is 0 Å². The molecule has 0 atom stereocenters. The Bertz CT molecular complexity index is 1120. The fraction of sp³-hybridized carbons (Fsp3) is 0.348. The second-order valence-corrected chi connectivity index (χ2v) is 8.16. The van der Waals surface area contributed by atoms with Crippen LogP contribution in [0.3, 0.4) is 0 Å². The number of carbonyl (C=O) groups is 1. The summed E-state index contributed by atoms with van der Waals surface area (Å²) in [7, 11) is 1.97. The van der Waals surface area contributed by atoms with Gasteiger partial charge in [0, 0.05) is 18.8 Å². The van der Waals surface area contributed by atoms with Crippen molar-refractivity contribution in [1.29, 1.82) is 0 Å². The normalized spacial score (nSPS) is 16.5. The number of nitrogens with zero attached hydrogens (tertiary/aromatic N) is 6. The molecule has 160 valence electrons. The van der Waals surface area contributed by atoms with Crippen LogP contribution in [0.2, 0.25) is 0 Å². The maximum Gasteiger partial charge on any atom is 0.349 e. The van der Waals surface area contributed by atoms with Crippen molar-refractivity contribution in [2.45, 2.75) is 46.2 Å². The average molecular weight is 419 g/mol. The third kappa shape index (κ3) is 3.37. The lowest BCUT2D eigenvalue weighted by Gasteiger charge is -2.29. The number of amides is 2. The van der Waals surface area contributed by atoms with Gasteiger partial charge in [0.05, 0.1) is 30.7 Å². The van der Waals surface area contributed by atoms with Crippen molar-refractivity contribution in [3.8, 4) is 0 Å². The molecule has 2 fully saturated rings. The minimum absolute atomic E-state index is 0.0577. The molecule has 0 spiro atoms. The van der Waals surface area contributed by atoms with Crippen LogP contribution in [0.5, 0.6) is 0 Å². The largest absolute Gasteiger partial charge is 0.361 e. The lowest BCUT2D eigenvalue weighted by atomic mass is 9.92. The Balaban J connectivity index is 1.46. The van der Waals surface area contributed by atoms with Gasteiger partial charge in [-0.05, 0) is 44.2 Å². The molecule has 0 bridgehead atoms. The molecule has 3 aromatic rings. The molecule has 1 aromatic carbocycles. The first kappa shape index (κ1) is 19.4. The monoisotopic (exact) mass is 418 g/mol. The maximum atomic E-state index is 13.5. The van der Waals surface area contributed by atoms with Crippen LogP contribution in [0.15, 0.2) is 58.6 Å². The standard InChI is InChI=1S/C23H26N6O2/c1-16-21(17(2)31-25-16)15-27-14-20(12-24-27)29-22(19-10-7-11-19)26(3)28(23(29)30)13-18-8-5-4-6-9-18/h4-6,8-9,12,14H,7,10-11,13,15H2,1-3H3. The summed E-state index contributed by atoms with van der Waals surface area (Å²) in [5.74, 6) is 1.75. The summed E-state index contributed by atoms with van der Waals surface area (Å²) in [5, 5.41) is 12.3. The lowest BCUT2D eigenvalue weighted by Crippen LogP contribution is -2.35. The Morgan fingerprint density at radius 2 is 1.87 bits per heavy atom. The number of hydrazine groups is 1. The molecule has 3 heterocycles. The van der Waals surface area contributed by atoms with E-state index in [1.165, 1.54) is 12.0 Å². The number of allylic oxidation sites excluding steroid dienone is 1. The zero-order chi connectivity index (χ0) is 21.5. The predicted molar refractivity (Wildman–Crippen MR) is 116 cm³/mol. The zero-order valence-corrected chi connectivity index (χ0v) is 18.1. The molecule has 2 amide bonds. The highest BCUT2D eigenvalue weighted by atomic mass is 16.5. The van der Waals surface area contributed by atoms with E-state index >= 15 is 0 Å². The van der Waals surface area contributed by atoms with E-state index in [1.807, 2.05) is 67.1 Å². The Morgan fingerprint density at radius 1 is 1.10 bits per heavy atom. The summed E-state index contributed by atoms with van der Waals surface area (Å²) in [4.78, 5) is 15.3. The summed E-state index contributed by atoms with van der Waals surface area (Å²) in [5.41, 5.74) is 5.05. The number of rotatable bonds is 5. The van der Waals surface area contributed by atoms with Gasteiger partial charge < -0.3 is 4.52 Å². The topological polar surface area (TPSA) is 70.6 Å². The summed E-state index contributed by atoms with van der Waals surface area (Å²) >= 11 is 0. The number of aromatic nitrogens is 3. The van der Waals surface area contributed by atoms with Crippen LogP contribution >= 0.6 is 0 Å². The van der Waals surface area contributed by atoms with Crippen molar-refractivity contribution in [2.75, 3.05) is 11.9 Å². The molecular formula is C23H26N6O2. The van der Waals surface area contributed by atoms with Crippen LogP contribution in [0.1, 0.15) is 41.8 Å². The number of hydrogen-bond acceptors (Lipinski definition) is 5. The quantitative estimate of drug-likeness (QED) is 0.620. The summed E-state index contributed by atoms with van der Waals surface area (Å²) < 4.78 is 7.10. The number of urea groups is 1. The van der Waals surface area contributed by atoms with Gasteiger partial charge in [0.25, 0.3) is 0 Å². The van der Waals surface area contributed by atoms with Gasteiger partial charge in [-0.2, -0.15) is 5.10 Å². The van der Waals surface area contributed by atoms with E-state index in [4.69, 9.17) is 4.52 Å². The summed E-state index contributed by atoms with van der Waals surface area (Å²) in [6.45, 7) is 4.91. The van der Waals surface area contributed by atoms with Crippen molar-refractivity contribution in [2.24, 2.45) is 0 Å². The minimum atomic E-state index is -0.0577. The molecule has 2 aliphatic rings.